The lowest BCUT2D eigenvalue weighted by Crippen LogP contribution is -2.50. The van der Waals surface area contributed by atoms with E-state index >= 15 is 0 Å². The molecule has 2 rings (SSSR count). The molecular weight excluding hydrogens is 298 g/mol. The molecule has 1 N–H and O–H groups in total. The number of nitrogens with zero attached hydrogens (tertiary/aromatic N) is 4. The summed E-state index contributed by atoms with van der Waals surface area (Å²) < 4.78 is 1.39. The van der Waals surface area contributed by atoms with Gasteiger partial charge in [0.25, 0.3) is 0 Å². The first-order chi connectivity index (χ1) is 10.9. The molecule has 0 bridgehead atoms. The average molecular weight is 323 g/mol. The van der Waals surface area contributed by atoms with Crippen molar-refractivity contribution in [2.45, 2.75) is 38.6 Å². The predicted molar refractivity (Wildman–Crippen MR) is 86.1 cm³/mol. The first-order valence-electron chi connectivity index (χ1n) is 7.99. The summed E-state index contributed by atoms with van der Waals surface area (Å²) in [7, 11) is 1.95. The Morgan fingerprint density at radius 1 is 1.48 bits per heavy atom. The standard InChI is InChI=1S/C15H25N5O3/c1-15(2,19-11-13(10-17-19)20(22)23)14(21)18-8-5-12(6-9-18)4-7-16-3/h10-12,16H,4-9H2,1-3H3. The molecule has 23 heavy (non-hydrogen) atoms. The second kappa shape index (κ2) is 7.08. The van der Waals surface area contributed by atoms with Crippen LogP contribution in [0.3, 0.4) is 0 Å². The van der Waals surface area contributed by atoms with E-state index in [9.17, 15) is 14.9 Å². The number of amides is 1. The molecule has 1 amide bonds. The highest BCUT2D eigenvalue weighted by Gasteiger charge is 2.37. The van der Waals surface area contributed by atoms with Crippen LogP contribution in [-0.2, 0) is 10.3 Å². The van der Waals surface area contributed by atoms with Gasteiger partial charge in [0.2, 0.25) is 5.91 Å². The lowest BCUT2D eigenvalue weighted by atomic mass is 9.92. The van der Waals surface area contributed by atoms with Crippen LogP contribution in [0.5, 0.6) is 0 Å². The minimum absolute atomic E-state index is 0.0393. The van der Waals surface area contributed by atoms with Crippen molar-refractivity contribution in [3.8, 4) is 0 Å². The van der Waals surface area contributed by atoms with Crippen molar-refractivity contribution < 1.29 is 9.72 Å². The SMILES string of the molecule is CNCCC1CCN(C(=O)C(C)(C)n2cc([N+](=O)[O-])cn2)CC1. The number of piperidine rings is 1. The second-order valence-corrected chi connectivity index (χ2v) is 6.59. The molecular formula is C15H25N5O3. The summed E-state index contributed by atoms with van der Waals surface area (Å²) in [4.78, 5) is 24.9. The minimum Gasteiger partial charge on any atom is -0.341 e. The van der Waals surface area contributed by atoms with Crippen molar-refractivity contribution in [1.82, 2.24) is 20.0 Å². The Kier molecular flexibility index (Phi) is 5.35. The van der Waals surface area contributed by atoms with Gasteiger partial charge in [0.05, 0.1) is 4.92 Å². The number of rotatable bonds is 6. The van der Waals surface area contributed by atoms with Gasteiger partial charge in [0.1, 0.15) is 17.9 Å². The van der Waals surface area contributed by atoms with Gasteiger partial charge in [-0.1, -0.05) is 0 Å². The molecule has 8 heteroatoms. The Labute approximate surface area is 136 Å². The van der Waals surface area contributed by atoms with Gasteiger partial charge in [0, 0.05) is 13.1 Å². The molecule has 1 aromatic rings. The van der Waals surface area contributed by atoms with E-state index in [2.05, 4.69) is 10.4 Å². The number of hydrogen-bond donors (Lipinski definition) is 1. The summed E-state index contributed by atoms with van der Waals surface area (Å²) >= 11 is 0. The molecule has 0 aromatic carbocycles. The van der Waals surface area contributed by atoms with Crippen molar-refractivity contribution in [3.63, 3.8) is 0 Å². The first kappa shape index (κ1) is 17.4. The Hall–Kier alpha value is -1.96. The van der Waals surface area contributed by atoms with Crippen LogP contribution in [0.4, 0.5) is 5.69 Å². The molecule has 1 aliphatic rings. The zero-order valence-electron chi connectivity index (χ0n) is 14.0. The Morgan fingerprint density at radius 3 is 2.65 bits per heavy atom. The molecule has 0 unspecified atom stereocenters. The van der Waals surface area contributed by atoms with Crippen LogP contribution >= 0.6 is 0 Å². The first-order valence-corrected chi connectivity index (χ1v) is 7.99. The molecule has 0 radical (unpaired) electrons. The number of carbonyl (C=O) groups excluding carboxylic acids is 1. The van der Waals surface area contributed by atoms with Crippen molar-refractivity contribution >= 4 is 11.6 Å². The lowest BCUT2D eigenvalue weighted by molar-refractivity contribution is -0.385. The highest BCUT2D eigenvalue weighted by molar-refractivity contribution is 5.83. The van der Waals surface area contributed by atoms with Crippen LogP contribution in [0.1, 0.15) is 33.1 Å². The largest absolute Gasteiger partial charge is 0.341 e. The van der Waals surface area contributed by atoms with E-state index in [4.69, 9.17) is 0 Å². The fourth-order valence-corrected chi connectivity index (χ4v) is 2.97. The summed E-state index contributed by atoms with van der Waals surface area (Å²) in [6.07, 6.45) is 5.63. The molecule has 0 spiro atoms. The molecule has 1 aliphatic heterocycles. The van der Waals surface area contributed by atoms with Crippen molar-refractivity contribution in [1.29, 1.82) is 0 Å². The van der Waals surface area contributed by atoms with E-state index in [1.807, 2.05) is 11.9 Å². The predicted octanol–water partition coefficient (Wildman–Crippen LogP) is 1.37. The molecule has 2 heterocycles. The maximum absolute atomic E-state index is 12.8. The normalized spacial score (nSPS) is 16.6. The molecule has 128 valence electrons. The van der Waals surface area contributed by atoms with Gasteiger partial charge in [-0.25, -0.2) is 0 Å². The quantitative estimate of drug-likeness (QED) is 0.630. The Balaban J connectivity index is 2.00. The van der Waals surface area contributed by atoms with Crippen LogP contribution in [-0.4, -0.2) is 52.2 Å². The minimum atomic E-state index is -0.925. The van der Waals surface area contributed by atoms with Crippen molar-refractivity contribution in [2.24, 2.45) is 5.92 Å². The van der Waals surface area contributed by atoms with Crippen molar-refractivity contribution in [2.75, 3.05) is 26.7 Å². The zero-order valence-corrected chi connectivity index (χ0v) is 14.0. The third-order valence-electron chi connectivity index (χ3n) is 4.58. The summed E-state index contributed by atoms with van der Waals surface area (Å²) in [6, 6.07) is 0. The van der Waals surface area contributed by atoms with Gasteiger partial charge in [-0.05, 0) is 52.6 Å². The smallest absolute Gasteiger partial charge is 0.307 e. The number of nitrogens with one attached hydrogen (secondary N) is 1. The monoisotopic (exact) mass is 323 g/mol. The second-order valence-electron chi connectivity index (χ2n) is 6.59. The summed E-state index contributed by atoms with van der Waals surface area (Å²) in [5, 5.41) is 17.9. The van der Waals surface area contributed by atoms with E-state index in [1.165, 1.54) is 17.1 Å². The molecule has 1 aromatic heterocycles. The summed E-state index contributed by atoms with van der Waals surface area (Å²) in [5.74, 6) is 0.614. The van der Waals surface area contributed by atoms with Gasteiger partial charge in [-0.3, -0.25) is 19.6 Å². The van der Waals surface area contributed by atoms with E-state index < -0.39 is 10.5 Å². The van der Waals surface area contributed by atoms with Crippen LogP contribution < -0.4 is 5.32 Å². The van der Waals surface area contributed by atoms with E-state index in [0.29, 0.717) is 5.92 Å². The highest BCUT2D eigenvalue weighted by atomic mass is 16.6. The van der Waals surface area contributed by atoms with E-state index in [0.717, 1.165) is 38.9 Å². The molecule has 8 nitrogen and oxygen atoms in total. The zero-order chi connectivity index (χ0) is 17.0. The Morgan fingerprint density at radius 2 is 2.13 bits per heavy atom. The van der Waals surface area contributed by atoms with E-state index in [-0.39, 0.29) is 11.6 Å². The van der Waals surface area contributed by atoms with Gasteiger partial charge >= 0.3 is 5.69 Å². The fraction of sp³-hybridized carbons (Fsp3) is 0.733. The number of nitro groups is 1. The number of likely N-dealkylation sites (tertiary alicyclic amines) is 1. The summed E-state index contributed by atoms with van der Waals surface area (Å²) in [6.45, 7) is 5.97. The third-order valence-corrected chi connectivity index (χ3v) is 4.58. The highest BCUT2D eigenvalue weighted by Crippen LogP contribution is 2.25. The molecule has 0 atom stereocenters. The average Bonchev–Trinajstić information content (AvgIpc) is 3.03. The third kappa shape index (κ3) is 3.87. The maximum Gasteiger partial charge on any atom is 0.307 e. The van der Waals surface area contributed by atoms with Gasteiger partial charge in [-0.2, -0.15) is 5.10 Å². The maximum atomic E-state index is 12.8. The number of hydrogen-bond acceptors (Lipinski definition) is 5. The Bertz CT molecular complexity index is 561. The molecule has 0 aliphatic carbocycles. The molecule has 1 saturated heterocycles. The van der Waals surface area contributed by atoms with E-state index in [1.54, 1.807) is 13.8 Å². The van der Waals surface area contributed by atoms with Gasteiger partial charge < -0.3 is 10.2 Å². The van der Waals surface area contributed by atoms with Crippen LogP contribution in [0.2, 0.25) is 0 Å². The summed E-state index contributed by atoms with van der Waals surface area (Å²) in [5.41, 5.74) is -1.02. The van der Waals surface area contributed by atoms with Crippen molar-refractivity contribution in [3.05, 3.63) is 22.5 Å². The van der Waals surface area contributed by atoms with Gasteiger partial charge in [0.15, 0.2) is 0 Å². The van der Waals surface area contributed by atoms with Crippen LogP contribution in [0, 0.1) is 16.0 Å². The fourth-order valence-electron chi connectivity index (χ4n) is 2.97. The molecule has 0 saturated carbocycles. The molecule has 1 fully saturated rings. The van der Waals surface area contributed by atoms with Gasteiger partial charge in [-0.15, -0.1) is 0 Å². The number of carbonyl (C=O) groups is 1. The number of aromatic nitrogens is 2. The van der Waals surface area contributed by atoms with Crippen LogP contribution in [0.15, 0.2) is 12.4 Å². The van der Waals surface area contributed by atoms with Crippen LogP contribution in [0.25, 0.3) is 0 Å². The lowest BCUT2D eigenvalue weighted by Gasteiger charge is -2.37. The topological polar surface area (TPSA) is 93.3 Å².